The Bertz CT molecular complexity index is 546. The van der Waals surface area contributed by atoms with Crippen molar-refractivity contribution in [2.75, 3.05) is 23.9 Å². The van der Waals surface area contributed by atoms with Crippen molar-refractivity contribution in [2.24, 2.45) is 5.73 Å². The molecule has 21 heavy (non-hydrogen) atoms. The highest BCUT2D eigenvalue weighted by Gasteiger charge is 2.31. The van der Waals surface area contributed by atoms with Crippen LogP contribution in [0.15, 0.2) is 24.3 Å². The normalized spacial score (nSPS) is 12.4. The molecule has 0 aliphatic heterocycles. The maximum absolute atomic E-state index is 12.9. The summed E-state index contributed by atoms with van der Waals surface area (Å²) < 4.78 is 75.4. The average molecular weight is 329 g/mol. The number of hydrogen-bond donors (Lipinski definition) is 2. The molecule has 0 spiro atoms. The van der Waals surface area contributed by atoms with Crippen LogP contribution in [0.1, 0.15) is 6.42 Å². The number of nitrogens with two attached hydrogens (primary N) is 1. The van der Waals surface area contributed by atoms with Gasteiger partial charge in [0.2, 0.25) is 0 Å². The largest absolute Gasteiger partial charge is 0.402 e. The number of benzene rings is 1. The van der Waals surface area contributed by atoms with E-state index in [0.717, 1.165) is 16.4 Å². The lowest BCUT2D eigenvalue weighted by Gasteiger charge is -2.24. The molecule has 5 nitrogen and oxygen atoms in total. The molecule has 0 unspecified atom stereocenters. The predicted molar refractivity (Wildman–Crippen MR) is 70.4 cm³/mol. The lowest BCUT2D eigenvalue weighted by atomic mass is 10.3. The van der Waals surface area contributed by atoms with Gasteiger partial charge in [0.25, 0.3) is 0 Å². The van der Waals surface area contributed by atoms with Crippen LogP contribution in [-0.4, -0.2) is 34.2 Å². The van der Waals surface area contributed by atoms with Crippen LogP contribution in [0.5, 0.6) is 0 Å². The van der Waals surface area contributed by atoms with Gasteiger partial charge < -0.3 is 5.73 Å². The molecule has 0 radical (unpaired) electrons. The summed E-state index contributed by atoms with van der Waals surface area (Å²) in [5.74, 6) is -0.585. The molecular formula is C11H15F4N3O2S. The van der Waals surface area contributed by atoms with Crippen LogP contribution in [-0.2, 0) is 10.2 Å². The molecule has 0 aliphatic carbocycles. The highest BCUT2D eigenvalue weighted by atomic mass is 32.2. The highest BCUT2D eigenvalue weighted by molar-refractivity contribution is 7.90. The van der Waals surface area contributed by atoms with E-state index in [1.54, 1.807) is 0 Å². The Morgan fingerprint density at radius 3 is 2.24 bits per heavy atom. The van der Waals surface area contributed by atoms with E-state index >= 15 is 0 Å². The first-order valence-electron chi connectivity index (χ1n) is 5.95. The maximum atomic E-state index is 12.9. The first kappa shape index (κ1) is 17.7. The first-order chi connectivity index (χ1) is 9.65. The Labute approximate surface area is 119 Å². The summed E-state index contributed by atoms with van der Waals surface area (Å²) in [4.78, 5) is 0. The SMILES string of the molecule is NCCCN(c1ccc(F)cc1)S(=O)(=O)NCC(F)(F)F. The molecule has 0 fully saturated rings. The van der Waals surface area contributed by atoms with E-state index < -0.39 is 28.7 Å². The van der Waals surface area contributed by atoms with Gasteiger partial charge in [0, 0.05) is 6.54 Å². The summed E-state index contributed by atoms with van der Waals surface area (Å²) in [5.41, 5.74) is 5.34. The number of hydrogen-bond acceptors (Lipinski definition) is 3. The van der Waals surface area contributed by atoms with Gasteiger partial charge in [-0.2, -0.15) is 26.3 Å². The van der Waals surface area contributed by atoms with E-state index in [-0.39, 0.29) is 25.2 Å². The molecule has 1 aromatic carbocycles. The molecule has 0 aromatic heterocycles. The van der Waals surface area contributed by atoms with Crippen molar-refractivity contribution in [3.8, 4) is 0 Å². The summed E-state index contributed by atoms with van der Waals surface area (Å²) in [6.07, 6.45) is -4.43. The van der Waals surface area contributed by atoms with Gasteiger partial charge in [-0.1, -0.05) is 0 Å². The molecule has 120 valence electrons. The van der Waals surface area contributed by atoms with Gasteiger partial charge in [-0.25, -0.2) is 4.39 Å². The average Bonchev–Trinajstić information content (AvgIpc) is 2.38. The van der Waals surface area contributed by atoms with Gasteiger partial charge in [0.15, 0.2) is 0 Å². The number of nitrogens with zero attached hydrogens (tertiary/aromatic N) is 1. The molecule has 0 heterocycles. The number of halogens is 4. The number of alkyl halides is 3. The zero-order valence-corrected chi connectivity index (χ0v) is 11.7. The van der Waals surface area contributed by atoms with Crippen LogP contribution < -0.4 is 14.8 Å². The van der Waals surface area contributed by atoms with E-state index in [9.17, 15) is 26.0 Å². The van der Waals surface area contributed by atoms with Crippen molar-refractivity contribution in [1.82, 2.24) is 4.72 Å². The van der Waals surface area contributed by atoms with E-state index in [0.29, 0.717) is 0 Å². The molecule has 1 aromatic rings. The number of anilines is 1. The fraction of sp³-hybridized carbons (Fsp3) is 0.455. The Morgan fingerprint density at radius 1 is 1.19 bits per heavy atom. The van der Waals surface area contributed by atoms with E-state index in [2.05, 4.69) is 0 Å². The Kier molecular flexibility index (Phi) is 5.93. The van der Waals surface area contributed by atoms with Gasteiger partial charge in [-0.3, -0.25) is 4.31 Å². The molecule has 1 rings (SSSR count). The Morgan fingerprint density at radius 2 is 1.76 bits per heavy atom. The smallest absolute Gasteiger partial charge is 0.330 e. The van der Waals surface area contributed by atoms with Crippen molar-refractivity contribution in [3.05, 3.63) is 30.1 Å². The zero-order valence-electron chi connectivity index (χ0n) is 10.9. The molecule has 0 atom stereocenters. The van der Waals surface area contributed by atoms with Gasteiger partial charge in [0.1, 0.15) is 12.4 Å². The lowest BCUT2D eigenvalue weighted by molar-refractivity contribution is -0.121. The van der Waals surface area contributed by atoms with E-state index in [1.807, 2.05) is 0 Å². The van der Waals surface area contributed by atoms with Crippen LogP contribution >= 0.6 is 0 Å². The Hall–Kier alpha value is -1.39. The summed E-state index contributed by atoms with van der Waals surface area (Å²) in [6, 6.07) is 4.37. The fourth-order valence-corrected chi connectivity index (χ4v) is 2.75. The molecule has 3 N–H and O–H groups in total. The van der Waals surface area contributed by atoms with Crippen molar-refractivity contribution >= 4 is 15.9 Å². The van der Waals surface area contributed by atoms with Crippen LogP contribution in [0.4, 0.5) is 23.2 Å². The van der Waals surface area contributed by atoms with Gasteiger partial charge in [0.05, 0.1) is 5.69 Å². The highest BCUT2D eigenvalue weighted by Crippen LogP contribution is 2.19. The fourth-order valence-electron chi connectivity index (χ4n) is 1.48. The van der Waals surface area contributed by atoms with Crippen LogP contribution in [0.2, 0.25) is 0 Å². The minimum Gasteiger partial charge on any atom is -0.330 e. The molecular weight excluding hydrogens is 314 g/mol. The van der Waals surface area contributed by atoms with Crippen molar-refractivity contribution < 1.29 is 26.0 Å². The molecule has 10 heteroatoms. The third kappa shape index (κ3) is 5.86. The summed E-state index contributed by atoms with van der Waals surface area (Å²) in [6.45, 7) is -1.64. The van der Waals surface area contributed by atoms with Gasteiger partial charge in [-0.05, 0) is 37.2 Å². The van der Waals surface area contributed by atoms with Crippen LogP contribution in [0, 0.1) is 5.82 Å². The molecule has 0 saturated carbocycles. The van der Waals surface area contributed by atoms with Gasteiger partial charge >= 0.3 is 16.4 Å². The molecule has 0 aliphatic rings. The minimum atomic E-state index is -4.67. The maximum Gasteiger partial charge on any atom is 0.402 e. The molecule has 0 saturated heterocycles. The summed E-state index contributed by atoms with van der Waals surface area (Å²) >= 11 is 0. The van der Waals surface area contributed by atoms with Crippen molar-refractivity contribution in [2.45, 2.75) is 12.6 Å². The lowest BCUT2D eigenvalue weighted by Crippen LogP contribution is -2.45. The monoisotopic (exact) mass is 329 g/mol. The quantitative estimate of drug-likeness (QED) is 0.742. The number of rotatable bonds is 7. The predicted octanol–water partition coefficient (Wildman–Crippen LogP) is 1.38. The minimum absolute atomic E-state index is 0.0551. The van der Waals surface area contributed by atoms with Crippen LogP contribution in [0.25, 0.3) is 0 Å². The second kappa shape index (κ2) is 7.05. The third-order valence-corrected chi connectivity index (χ3v) is 3.91. The Balaban J connectivity index is 2.98. The topological polar surface area (TPSA) is 75.4 Å². The number of nitrogens with one attached hydrogen (secondary N) is 1. The second-order valence-electron chi connectivity index (χ2n) is 4.13. The van der Waals surface area contributed by atoms with Crippen molar-refractivity contribution in [3.63, 3.8) is 0 Å². The van der Waals surface area contributed by atoms with E-state index in [1.165, 1.54) is 16.9 Å². The second-order valence-corrected chi connectivity index (χ2v) is 5.81. The molecule has 0 amide bonds. The van der Waals surface area contributed by atoms with Gasteiger partial charge in [-0.15, -0.1) is 0 Å². The standard InChI is InChI=1S/C11H15F4N3O2S/c12-9-2-4-10(5-3-9)18(7-1-6-16)21(19,20)17-8-11(13,14)15/h2-5,17H,1,6-8,16H2. The summed E-state index contributed by atoms with van der Waals surface area (Å²) in [5, 5.41) is 0. The third-order valence-electron chi connectivity index (χ3n) is 2.43. The van der Waals surface area contributed by atoms with Crippen molar-refractivity contribution in [1.29, 1.82) is 0 Å². The molecule has 0 bridgehead atoms. The zero-order chi connectivity index (χ0) is 16.1. The first-order valence-corrected chi connectivity index (χ1v) is 7.39. The summed E-state index contributed by atoms with van der Waals surface area (Å²) in [7, 11) is -4.41. The van der Waals surface area contributed by atoms with E-state index in [4.69, 9.17) is 5.73 Å². The van der Waals surface area contributed by atoms with Crippen LogP contribution in [0.3, 0.4) is 0 Å².